The van der Waals surface area contributed by atoms with Crippen LogP contribution in [-0.4, -0.2) is 34.8 Å². The number of nitrogens with one attached hydrogen (secondary N) is 1. The summed E-state index contributed by atoms with van der Waals surface area (Å²) < 4.78 is 34.6. The maximum Gasteiger partial charge on any atom is 0.275 e. The van der Waals surface area contributed by atoms with Crippen LogP contribution in [-0.2, 0) is 17.8 Å². The number of aromatic nitrogens is 1. The Morgan fingerprint density at radius 1 is 1.00 bits per heavy atom. The largest absolute Gasteiger partial charge is 0.443 e. The zero-order valence-corrected chi connectivity index (χ0v) is 17.4. The summed E-state index contributed by atoms with van der Waals surface area (Å²) >= 11 is 0. The van der Waals surface area contributed by atoms with Crippen molar-refractivity contribution in [1.82, 2.24) is 15.2 Å². The first-order chi connectivity index (χ1) is 15.5. The number of carbonyl (C=O) groups is 2. The van der Waals surface area contributed by atoms with Crippen LogP contribution in [0.4, 0.5) is 8.78 Å². The number of benzene rings is 2. The van der Waals surface area contributed by atoms with Crippen LogP contribution >= 0.6 is 0 Å². The summed E-state index contributed by atoms with van der Waals surface area (Å²) in [5.41, 5.74) is 0.692. The number of likely N-dealkylation sites (tertiary alicyclic amines) is 1. The van der Waals surface area contributed by atoms with E-state index in [0.717, 1.165) is 43.2 Å². The Kier molecular flexibility index (Phi) is 6.58. The van der Waals surface area contributed by atoms with Crippen LogP contribution in [0.25, 0.3) is 11.5 Å². The maximum atomic E-state index is 14.7. The molecule has 1 fully saturated rings. The first-order valence-corrected chi connectivity index (χ1v) is 10.5. The third-order valence-corrected chi connectivity index (χ3v) is 5.38. The van der Waals surface area contributed by atoms with Crippen molar-refractivity contribution in [2.75, 3.05) is 13.1 Å². The monoisotopic (exact) mass is 439 g/mol. The third-order valence-electron chi connectivity index (χ3n) is 5.38. The van der Waals surface area contributed by atoms with E-state index >= 15 is 0 Å². The lowest BCUT2D eigenvalue weighted by Gasteiger charge is -2.25. The van der Waals surface area contributed by atoms with E-state index in [2.05, 4.69) is 10.3 Å². The average Bonchev–Trinajstić information content (AvgIpc) is 3.28. The van der Waals surface area contributed by atoms with Gasteiger partial charge in [-0.2, -0.15) is 0 Å². The predicted molar refractivity (Wildman–Crippen MR) is 114 cm³/mol. The summed E-state index contributed by atoms with van der Waals surface area (Å²) in [4.78, 5) is 30.3. The Bertz CT molecular complexity index is 1090. The van der Waals surface area contributed by atoms with Crippen LogP contribution < -0.4 is 5.32 Å². The van der Waals surface area contributed by atoms with E-state index in [1.807, 2.05) is 30.3 Å². The molecule has 0 radical (unpaired) electrons. The van der Waals surface area contributed by atoms with E-state index in [1.165, 1.54) is 0 Å². The molecule has 0 spiro atoms. The lowest BCUT2D eigenvalue weighted by Crippen LogP contribution is -2.35. The molecule has 1 aromatic heterocycles. The lowest BCUT2D eigenvalue weighted by molar-refractivity contribution is -0.120. The van der Waals surface area contributed by atoms with Gasteiger partial charge in [0.1, 0.15) is 23.5 Å². The molecule has 0 unspecified atom stereocenters. The number of hydrogen-bond acceptors (Lipinski definition) is 4. The molecule has 0 atom stereocenters. The minimum Gasteiger partial charge on any atom is -0.443 e. The number of nitrogens with zero attached hydrogens (tertiary/aromatic N) is 2. The second kappa shape index (κ2) is 9.72. The Labute approximate surface area is 184 Å². The highest BCUT2D eigenvalue weighted by atomic mass is 19.1. The summed E-state index contributed by atoms with van der Waals surface area (Å²) in [7, 11) is 0. The number of piperidine rings is 1. The zero-order valence-electron chi connectivity index (χ0n) is 17.4. The minimum absolute atomic E-state index is 0.0237. The molecule has 3 aromatic rings. The van der Waals surface area contributed by atoms with Gasteiger partial charge in [0.25, 0.3) is 5.91 Å². The highest BCUT2D eigenvalue weighted by molar-refractivity contribution is 5.92. The number of carbonyl (C=O) groups excluding carboxylic acids is 2. The van der Waals surface area contributed by atoms with Gasteiger partial charge in [0.2, 0.25) is 11.8 Å². The summed E-state index contributed by atoms with van der Waals surface area (Å²) in [6.07, 6.45) is 4.21. The van der Waals surface area contributed by atoms with Gasteiger partial charge in [-0.3, -0.25) is 9.59 Å². The van der Waals surface area contributed by atoms with Gasteiger partial charge < -0.3 is 14.6 Å². The van der Waals surface area contributed by atoms with Crippen LogP contribution in [0.2, 0.25) is 0 Å². The molecule has 0 saturated carbocycles. The van der Waals surface area contributed by atoms with Gasteiger partial charge in [0, 0.05) is 19.6 Å². The SMILES string of the molecule is O=C(Cc1ccccc1)NCc1cc(F)c(-c2nc(C(=O)N3CCCCC3)co2)c(F)c1. The van der Waals surface area contributed by atoms with Gasteiger partial charge in [-0.25, -0.2) is 13.8 Å². The number of amides is 2. The van der Waals surface area contributed by atoms with E-state index in [0.29, 0.717) is 13.1 Å². The Balaban J connectivity index is 1.43. The topological polar surface area (TPSA) is 75.4 Å². The van der Waals surface area contributed by atoms with Crippen molar-refractivity contribution in [3.63, 3.8) is 0 Å². The van der Waals surface area contributed by atoms with E-state index in [-0.39, 0.29) is 41.9 Å². The first kappa shape index (κ1) is 21.7. The van der Waals surface area contributed by atoms with Gasteiger partial charge in [-0.05, 0) is 42.5 Å². The molecule has 1 aliphatic rings. The smallest absolute Gasteiger partial charge is 0.275 e. The van der Waals surface area contributed by atoms with E-state index in [1.54, 1.807) is 4.90 Å². The normalized spacial score (nSPS) is 13.8. The molecule has 2 heterocycles. The summed E-state index contributed by atoms with van der Waals surface area (Å²) in [6.45, 7) is 1.24. The molecule has 4 rings (SSSR count). The number of halogens is 2. The molecule has 1 N–H and O–H groups in total. The molecule has 1 saturated heterocycles. The molecular weight excluding hydrogens is 416 g/mol. The summed E-state index contributed by atoms with van der Waals surface area (Å²) in [5.74, 6) is -2.61. The van der Waals surface area contributed by atoms with Crippen LogP contribution in [0.15, 0.2) is 53.1 Å². The molecule has 2 aromatic carbocycles. The molecule has 0 bridgehead atoms. The fourth-order valence-electron chi connectivity index (χ4n) is 3.72. The Morgan fingerprint density at radius 3 is 2.38 bits per heavy atom. The summed E-state index contributed by atoms with van der Waals surface area (Å²) in [5, 5.41) is 2.65. The van der Waals surface area contributed by atoms with Gasteiger partial charge in [-0.1, -0.05) is 30.3 Å². The van der Waals surface area contributed by atoms with E-state index < -0.39 is 17.2 Å². The van der Waals surface area contributed by atoms with Gasteiger partial charge in [-0.15, -0.1) is 0 Å². The highest BCUT2D eigenvalue weighted by Gasteiger charge is 2.24. The zero-order chi connectivity index (χ0) is 22.5. The molecule has 1 aliphatic heterocycles. The van der Waals surface area contributed by atoms with Crippen LogP contribution in [0.5, 0.6) is 0 Å². The predicted octanol–water partition coefficient (Wildman–Crippen LogP) is 4.10. The molecule has 0 aliphatic carbocycles. The van der Waals surface area contributed by atoms with Crippen molar-refractivity contribution < 1.29 is 22.8 Å². The standard InChI is InChI=1S/C24H23F2N3O3/c25-18-11-17(14-27-21(30)13-16-7-3-1-4-8-16)12-19(26)22(18)23-28-20(15-32-23)24(31)29-9-5-2-6-10-29/h1,3-4,7-8,11-12,15H,2,5-6,9-10,13-14H2,(H,27,30). The molecule has 166 valence electrons. The minimum atomic E-state index is -0.879. The lowest BCUT2D eigenvalue weighted by atomic mass is 10.1. The highest BCUT2D eigenvalue weighted by Crippen LogP contribution is 2.27. The van der Waals surface area contributed by atoms with Crippen molar-refractivity contribution in [1.29, 1.82) is 0 Å². The third kappa shape index (κ3) is 5.01. The van der Waals surface area contributed by atoms with Gasteiger partial charge in [0.15, 0.2) is 5.69 Å². The molecular formula is C24H23F2N3O3. The van der Waals surface area contributed by atoms with Gasteiger partial charge >= 0.3 is 0 Å². The van der Waals surface area contributed by atoms with Crippen molar-refractivity contribution >= 4 is 11.8 Å². The number of hydrogen-bond donors (Lipinski definition) is 1. The van der Waals surface area contributed by atoms with Crippen molar-refractivity contribution in [3.05, 3.63) is 77.2 Å². The molecule has 8 heteroatoms. The van der Waals surface area contributed by atoms with Crippen LogP contribution in [0.3, 0.4) is 0 Å². The van der Waals surface area contributed by atoms with Crippen molar-refractivity contribution in [3.8, 4) is 11.5 Å². The van der Waals surface area contributed by atoms with E-state index in [4.69, 9.17) is 4.42 Å². The maximum absolute atomic E-state index is 14.7. The fraction of sp³-hybridized carbons (Fsp3) is 0.292. The van der Waals surface area contributed by atoms with Crippen LogP contribution in [0, 0.1) is 11.6 Å². The Morgan fingerprint density at radius 2 is 1.69 bits per heavy atom. The Hall–Kier alpha value is -3.55. The fourth-order valence-corrected chi connectivity index (χ4v) is 3.72. The van der Waals surface area contributed by atoms with E-state index in [9.17, 15) is 18.4 Å². The molecule has 6 nitrogen and oxygen atoms in total. The molecule has 32 heavy (non-hydrogen) atoms. The van der Waals surface area contributed by atoms with Crippen LogP contribution in [0.1, 0.15) is 40.9 Å². The van der Waals surface area contributed by atoms with Gasteiger partial charge in [0.05, 0.1) is 6.42 Å². The average molecular weight is 439 g/mol. The number of rotatable bonds is 6. The quantitative estimate of drug-likeness (QED) is 0.627. The summed E-state index contributed by atoms with van der Waals surface area (Å²) in [6, 6.07) is 11.4. The number of oxazole rings is 1. The first-order valence-electron chi connectivity index (χ1n) is 10.5. The second-order valence-electron chi connectivity index (χ2n) is 7.76. The second-order valence-corrected chi connectivity index (χ2v) is 7.76. The molecule has 2 amide bonds. The van der Waals surface area contributed by atoms with Crippen molar-refractivity contribution in [2.24, 2.45) is 0 Å². The van der Waals surface area contributed by atoms with Crippen molar-refractivity contribution in [2.45, 2.75) is 32.2 Å².